The zero-order valence-electron chi connectivity index (χ0n) is 11.5. The molecular formula is C13H22N4O2. The molecule has 0 aliphatic heterocycles. The van der Waals surface area contributed by atoms with E-state index in [1.807, 2.05) is 20.0 Å². The van der Waals surface area contributed by atoms with Gasteiger partial charge in [-0.3, -0.25) is 5.10 Å². The number of rotatable bonds is 5. The third kappa shape index (κ3) is 3.62. The van der Waals surface area contributed by atoms with Crippen LogP contribution in [0.15, 0.2) is 6.07 Å². The first-order valence-corrected chi connectivity index (χ1v) is 6.90. The van der Waals surface area contributed by atoms with Gasteiger partial charge in [0.25, 0.3) is 0 Å². The van der Waals surface area contributed by atoms with Crippen molar-refractivity contribution in [1.29, 1.82) is 0 Å². The predicted octanol–water partition coefficient (Wildman–Crippen LogP) is 2.22. The third-order valence-electron chi connectivity index (χ3n) is 3.47. The van der Waals surface area contributed by atoms with Crippen molar-refractivity contribution in [2.75, 3.05) is 18.9 Å². The van der Waals surface area contributed by atoms with E-state index in [-0.39, 0.29) is 12.2 Å². The minimum atomic E-state index is -0.298. The number of aromatic nitrogens is 2. The molecule has 1 aromatic rings. The second kappa shape index (κ2) is 6.45. The van der Waals surface area contributed by atoms with Crippen LogP contribution >= 0.6 is 0 Å². The number of amides is 1. The van der Waals surface area contributed by atoms with Gasteiger partial charge in [0, 0.05) is 31.3 Å². The maximum absolute atomic E-state index is 11.5. The third-order valence-corrected chi connectivity index (χ3v) is 3.47. The van der Waals surface area contributed by atoms with Crippen molar-refractivity contribution in [3.8, 4) is 0 Å². The van der Waals surface area contributed by atoms with Crippen LogP contribution in [0.1, 0.15) is 44.2 Å². The van der Waals surface area contributed by atoms with Gasteiger partial charge in [0.15, 0.2) is 0 Å². The van der Waals surface area contributed by atoms with Crippen LogP contribution in [0.5, 0.6) is 0 Å². The van der Waals surface area contributed by atoms with Gasteiger partial charge in [-0.05, 0) is 25.7 Å². The van der Waals surface area contributed by atoms with E-state index in [9.17, 15) is 4.79 Å². The van der Waals surface area contributed by atoms with Crippen LogP contribution in [0.25, 0.3) is 0 Å². The Balaban J connectivity index is 1.81. The molecule has 0 spiro atoms. The molecule has 1 aromatic heterocycles. The lowest BCUT2D eigenvalue weighted by Gasteiger charge is -2.12. The zero-order valence-corrected chi connectivity index (χ0v) is 11.5. The molecule has 0 saturated heterocycles. The van der Waals surface area contributed by atoms with E-state index in [1.54, 1.807) is 0 Å². The van der Waals surface area contributed by atoms with E-state index < -0.39 is 0 Å². The predicted molar refractivity (Wildman–Crippen MR) is 73.3 cm³/mol. The smallest absolute Gasteiger partial charge is 0.407 e. The van der Waals surface area contributed by atoms with E-state index >= 15 is 0 Å². The van der Waals surface area contributed by atoms with Gasteiger partial charge in [-0.2, -0.15) is 5.10 Å². The number of aromatic amines is 1. The van der Waals surface area contributed by atoms with Crippen LogP contribution in [0, 0.1) is 0 Å². The molecule has 106 valence electrons. The van der Waals surface area contributed by atoms with Crippen LogP contribution in [0.4, 0.5) is 10.6 Å². The number of ether oxygens (including phenoxy) is 1. The number of H-pyrrole nitrogens is 1. The molecule has 0 radical (unpaired) electrons. The Morgan fingerprint density at radius 3 is 3.11 bits per heavy atom. The monoisotopic (exact) mass is 266 g/mol. The van der Waals surface area contributed by atoms with Gasteiger partial charge in [0.2, 0.25) is 0 Å². The van der Waals surface area contributed by atoms with E-state index in [0.717, 1.165) is 37.2 Å². The lowest BCUT2D eigenvalue weighted by atomic mass is 10.0. The van der Waals surface area contributed by atoms with Crippen molar-refractivity contribution in [2.45, 2.75) is 44.6 Å². The molecule has 1 aliphatic rings. The van der Waals surface area contributed by atoms with E-state index in [0.29, 0.717) is 12.5 Å². The molecule has 1 saturated carbocycles. The summed E-state index contributed by atoms with van der Waals surface area (Å²) in [6.45, 7) is 2.69. The van der Waals surface area contributed by atoms with Gasteiger partial charge in [-0.25, -0.2) is 4.79 Å². The number of hydrogen-bond acceptors (Lipinski definition) is 4. The highest BCUT2D eigenvalue weighted by Crippen LogP contribution is 2.35. The number of nitrogens with one attached hydrogen (secondary N) is 3. The number of carbonyl (C=O) groups excluding carboxylic acids is 1. The number of anilines is 1. The van der Waals surface area contributed by atoms with Crippen LogP contribution in [0.2, 0.25) is 0 Å². The molecule has 19 heavy (non-hydrogen) atoms. The summed E-state index contributed by atoms with van der Waals surface area (Å²) in [5, 5.41) is 12.9. The van der Waals surface area contributed by atoms with E-state index in [2.05, 4.69) is 20.8 Å². The number of hydrogen-bond donors (Lipinski definition) is 3. The van der Waals surface area contributed by atoms with Crippen LogP contribution < -0.4 is 10.6 Å². The van der Waals surface area contributed by atoms with Crippen molar-refractivity contribution < 1.29 is 9.53 Å². The Morgan fingerprint density at radius 1 is 1.58 bits per heavy atom. The number of carbonyl (C=O) groups is 1. The molecule has 0 bridgehead atoms. The summed E-state index contributed by atoms with van der Waals surface area (Å²) in [7, 11) is 1.85. The minimum absolute atomic E-state index is 0.0168. The summed E-state index contributed by atoms with van der Waals surface area (Å²) in [6, 6.07) is 2.02. The first-order valence-electron chi connectivity index (χ1n) is 6.90. The van der Waals surface area contributed by atoms with Crippen molar-refractivity contribution in [3.05, 3.63) is 11.8 Å². The van der Waals surface area contributed by atoms with Crippen molar-refractivity contribution in [1.82, 2.24) is 15.5 Å². The molecule has 1 heterocycles. The van der Waals surface area contributed by atoms with Gasteiger partial charge in [0.05, 0.1) is 0 Å². The molecule has 2 atom stereocenters. The Hall–Kier alpha value is -1.72. The molecule has 2 rings (SSSR count). The summed E-state index contributed by atoms with van der Waals surface area (Å²) in [5.41, 5.74) is 1.12. The maximum atomic E-state index is 11.5. The van der Waals surface area contributed by atoms with E-state index in [4.69, 9.17) is 4.74 Å². The summed E-state index contributed by atoms with van der Waals surface area (Å²) in [4.78, 5) is 11.5. The summed E-state index contributed by atoms with van der Waals surface area (Å²) >= 11 is 0. The second-order valence-electron chi connectivity index (χ2n) is 4.92. The van der Waals surface area contributed by atoms with Crippen LogP contribution in [-0.4, -0.2) is 36.0 Å². The molecule has 0 aromatic carbocycles. The average molecular weight is 266 g/mol. The Morgan fingerprint density at radius 2 is 2.42 bits per heavy atom. The van der Waals surface area contributed by atoms with Crippen LogP contribution in [-0.2, 0) is 4.74 Å². The van der Waals surface area contributed by atoms with E-state index in [1.165, 1.54) is 0 Å². The maximum Gasteiger partial charge on any atom is 0.407 e. The number of alkyl carbamates (subject to hydrolysis) is 1. The van der Waals surface area contributed by atoms with Gasteiger partial charge in [0.1, 0.15) is 11.9 Å². The molecule has 6 nitrogen and oxygen atoms in total. The largest absolute Gasteiger partial charge is 0.446 e. The first-order chi connectivity index (χ1) is 9.22. The average Bonchev–Trinajstić information content (AvgIpc) is 3.04. The quantitative estimate of drug-likeness (QED) is 0.763. The van der Waals surface area contributed by atoms with Crippen LogP contribution in [0.3, 0.4) is 0 Å². The molecule has 1 fully saturated rings. The Kier molecular flexibility index (Phi) is 4.65. The molecule has 2 unspecified atom stereocenters. The first kappa shape index (κ1) is 13.7. The second-order valence-corrected chi connectivity index (χ2v) is 4.92. The minimum Gasteiger partial charge on any atom is -0.446 e. The van der Waals surface area contributed by atoms with Gasteiger partial charge >= 0.3 is 6.09 Å². The fraction of sp³-hybridized carbons (Fsp3) is 0.692. The van der Waals surface area contributed by atoms with Gasteiger partial charge in [-0.1, -0.05) is 6.92 Å². The molecule has 1 aliphatic carbocycles. The fourth-order valence-electron chi connectivity index (χ4n) is 2.42. The standard InChI is InChI=1S/C13H22N4O2/c1-3-6-15-13(18)19-10-5-4-9(7-10)11-8-12(14-2)17-16-11/h8-10H,3-7H2,1-2H3,(H,15,18)(H2,14,16,17). The van der Waals surface area contributed by atoms with Crippen molar-refractivity contribution in [2.24, 2.45) is 0 Å². The summed E-state index contributed by atoms with van der Waals surface area (Å²) < 4.78 is 5.40. The lowest BCUT2D eigenvalue weighted by molar-refractivity contribution is 0.100. The SMILES string of the molecule is CCCNC(=O)OC1CCC(c2cc(NC)n[nH]2)C1. The van der Waals surface area contributed by atoms with Gasteiger partial charge < -0.3 is 15.4 Å². The topological polar surface area (TPSA) is 79.0 Å². The molecule has 6 heteroatoms. The lowest BCUT2D eigenvalue weighted by Crippen LogP contribution is -2.28. The van der Waals surface area contributed by atoms with Crippen molar-refractivity contribution >= 4 is 11.9 Å². The Bertz CT molecular complexity index is 419. The Labute approximate surface area is 113 Å². The highest BCUT2D eigenvalue weighted by Gasteiger charge is 2.29. The van der Waals surface area contributed by atoms with Crippen molar-refractivity contribution in [3.63, 3.8) is 0 Å². The number of nitrogens with zero attached hydrogens (tertiary/aromatic N) is 1. The molecular weight excluding hydrogens is 244 g/mol. The van der Waals surface area contributed by atoms with Gasteiger partial charge in [-0.15, -0.1) is 0 Å². The highest BCUT2D eigenvalue weighted by molar-refractivity contribution is 5.67. The summed E-state index contributed by atoms with van der Waals surface area (Å²) in [6.07, 6.45) is 3.44. The molecule has 1 amide bonds. The zero-order chi connectivity index (χ0) is 13.7. The normalized spacial score (nSPS) is 22.2. The summed E-state index contributed by atoms with van der Waals surface area (Å²) in [5.74, 6) is 1.25. The fourth-order valence-corrected chi connectivity index (χ4v) is 2.42. The highest BCUT2D eigenvalue weighted by atomic mass is 16.6. The molecule has 3 N–H and O–H groups in total.